The highest BCUT2D eigenvalue weighted by molar-refractivity contribution is 9.10. The zero-order valence-electron chi connectivity index (χ0n) is 10.8. The fourth-order valence-electron chi connectivity index (χ4n) is 1.59. The first kappa shape index (κ1) is 14.9. The minimum atomic E-state index is -3.66. The number of halogens is 1. The molecule has 2 N–H and O–H groups in total. The smallest absolute Gasteiger partial charge is 0.241 e. The Kier molecular flexibility index (Phi) is 4.41. The largest absolute Gasteiger partial charge is 0.496 e. The first-order valence-corrected chi connectivity index (χ1v) is 7.93. The van der Waals surface area contributed by atoms with Crippen molar-refractivity contribution < 1.29 is 13.2 Å². The van der Waals surface area contributed by atoms with Crippen LogP contribution in [0, 0.1) is 0 Å². The van der Waals surface area contributed by atoms with Crippen LogP contribution in [0.3, 0.4) is 0 Å². The Labute approximate surface area is 124 Å². The SMILES string of the molecule is COc1ccc(S(=O)(=O)NC(C)c2ncn[nH]2)cc1Br. The summed E-state index contributed by atoms with van der Waals surface area (Å²) in [5, 5.41) is 6.31. The summed E-state index contributed by atoms with van der Waals surface area (Å²) < 4.78 is 32.7. The summed E-state index contributed by atoms with van der Waals surface area (Å²) in [6, 6.07) is 4.02. The Morgan fingerprint density at radius 2 is 2.20 bits per heavy atom. The Morgan fingerprint density at radius 1 is 1.45 bits per heavy atom. The van der Waals surface area contributed by atoms with Crippen LogP contribution in [-0.2, 0) is 10.0 Å². The van der Waals surface area contributed by atoms with Gasteiger partial charge in [-0.1, -0.05) is 0 Å². The van der Waals surface area contributed by atoms with Gasteiger partial charge in [-0.3, -0.25) is 5.10 Å². The lowest BCUT2D eigenvalue weighted by Crippen LogP contribution is -2.27. The minimum absolute atomic E-state index is 0.136. The van der Waals surface area contributed by atoms with Gasteiger partial charge in [-0.2, -0.15) is 5.10 Å². The summed E-state index contributed by atoms with van der Waals surface area (Å²) in [5.41, 5.74) is 0. The van der Waals surface area contributed by atoms with Crippen LogP contribution < -0.4 is 9.46 Å². The predicted molar refractivity (Wildman–Crippen MR) is 75.8 cm³/mol. The van der Waals surface area contributed by atoms with E-state index in [1.54, 1.807) is 13.0 Å². The van der Waals surface area contributed by atoms with Gasteiger partial charge in [0.15, 0.2) is 0 Å². The maximum Gasteiger partial charge on any atom is 0.241 e. The second-order valence-electron chi connectivity index (χ2n) is 4.01. The van der Waals surface area contributed by atoms with Gasteiger partial charge in [0, 0.05) is 0 Å². The predicted octanol–water partition coefficient (Wildman–Crippen LogP) is 1.62. The number of hydrogen-bond donors (Lipinski definition) is 2. The van der Waals surface area contributed by atoms with Gasteiger partial charge in [0.1, 0.15) is 17.9 Å². The van der Waals surface area contributed by atoms with Gasteiger partial charge in [0.05, 0.1) is 22.5 Å². The number of aromatic amines is 1. The average Bonchev–Trinajstić information content (AvgIpc) is 2.92. The third kappa shape index (κ3) is 3.17. The zero-order valence-corrected chi connectivity index (χ0v) is 13.2. The van der Waals surface area contributed by atoms with E-state index in [2.05, 4.69) is 35.8 Å². The van der Waals surface area contributed by atoms with E-state index in [4.69, 9.17) is 4.74 Å². The van der Waals surface area contributed by atoms with Crippen LogP contribution in [0.4, 0.5) is 0 Å². The van der Waals surface area contributed by atoms with Crippen LogP contribution >= 0.6 is 15.9 Å². The highest BCUT2D eigenvalue weighted by atomic mass is 79.9. The van der Waals surface area contributed by atoms with E-state index in [9.17, 15) is 8.42 Å². The second-order valence-corrected chi connectivity index (χ2v) is 6.58. The van der Waals surface area contributed by atoms with Crippen molar-refractivity contribution in [3.05, 3.63) is 34.8 Å². The van der Waals surface area contributed by atoms with Gasteiger partial charge >= 0.3 is 0 Å². The van der Waals surface area contributed by atoms with Crippen molar-refractivity contribution >= 4 is 26.0 Å². The van der Waals surface area contributed by atoms with Gasteiger partial charge in [0.25, 0.3) is 0 Å². The van der Waals surface area contributed by atoms with Gasteiger partial charge in [0.2, 0.25) is 10.0 Å². The van der Waals surface area contributed by atoms with Crippen LogP contribution in [0.1, 0.15) is 18.8 Å². The molecule has 0 aliphatic heterocycles. The van der Waals surface area contributed by atoms with E-state index in [1.807, 2.05) is 0 Å². The molecule has 108 valence electrons. The van der Waals surface area contributed by atoms with Crippen molar-refractivity contribution in [2.24, 2.45) is 0 Å². The molecule has 7 nitrogen and oxygen atoms in total. The molecular weight excluding hydrogens is 348 g/mol. The Balaban J connectivity index is 2.24. The lowest BCUT2D eigenvalue weighted by Gasteiger charge is -2.12. The first-order chi connectivity index (χ1) is 9.44. The molecule has 0 aliphatic rings. The normalized spacial score (nSPS) is 13.2. The second kappa shape index (κ2) is 5.90. The number of ether oxygens (including phenoxy) is 1. The van der Waals surface area contributed by atoms with Crippen molar-refractivity contribution in [1.29, 1.82) is 0 Å². The number of aromatic nitrogens is 3. The monoisotopic (exact) mass is 360 g/mol. The minimum Gasteiger partial charge on any atom is -0.496 e. The first-order valence-electron chi connectivity index (χ1n) is 5.65. The van der Waals surface area contributed by atoms with E-state index in [0.717, 1.165) is 0 Å². The molecule has 1 aromatic heterocycles. The quantitative estimate of drug-likeness (QED) is 0.844. The fourth-order valence-corrected chi connectivity index (χ4v) is 3.52. The van der Waals surface area contributed by atoms with E-state index in [0.29, 0.717) is 16.0 Å². The number of nitrogens with one attached hydrogen (secondary N) is 2. The Hall–Kier alpha value is -1.45. The number of H-pyrrole nitrogens is 1. The van der Waals surface area contributed by atoms with E-state index < -0.39 is 16.1 Å². The van der Waals surface area contributed by atoms with Crippen molar-refractivity contribution in [2.75, 3.05) is 7.11 Å². The third-order valence-electron chi connectivity index (χ3n) is 2.61. The lowest BCUT2D eigenvalue weighted by atomic mass is 10.3. The van der Waals surface area contributed by atoms with Gasteiger partial charge in [-0.15, -0.1) is 0 Å². The van der Waals surface area contributed by atoms with Crippen LogP contribution in [0.2, 0.25) is 0 Å². The van der Waals surface area contributed by atoms with Crippen molar-refractivity contribution in [1.82, 2.24) is 19.9 Å². The van der Waals surface area contributed by atoms with E-state index in [-0.39, 0.29) is 4.90 Å². The van der Waals surface area contributed by atoms with Crippen molar-refractivity contribution in [3.8, 4) is 5.75 Å². The molecule has 0 aliphatic carbocycles. The number of methoxy groups -OCH3 is 1. The molecule has 0 amide bonds. The fraction of sp³-hybridized carbons (Fsp3) is 0.273. The van der Waals surface area contributed by atoms with Crippen molar-refractivity contribution in [3.63, 3.8) is 0 Å². The third-order valence-corrected chi connectivity index (χ3v) is 4.77. The number of sulfonamides is 1. The molecule has 2 rings (SSSR count). The molecule has 1 heterocycles. The summed E-state index contributed by atoms with van der Waals surface area (Å²) in [6.07, 6.45) is 1.32. The van der Waals surface area contributed by atoms with Gasteiger partial charge in [-0.25, -0.2) is 18.1 Å². The molecule has 9 heteroatoms. The summed E-state index contributed by atoms with van der Waals surface area (Å²) in [5.74, 6) is 1.01. The summed E-state index contributed by atoms with van der Waals surface area (Å²) in [6.45, 7) is 1.68. The molecule has 0 saturated heterocycles. The molecule has 2 aromatic rings. The zero-order chi connectivity index (χ0) is 14.8. The highest BCUT2D eigenvalue weighted by Crippen LogP contribution is 2.27. The highest BCUT2D eigenvalue weighted by Gasteiger charge is 2.20. The van der Waals surface area contributed by atoms with Crippen molar-refractivity contribution in [2.45, 2.75) is 17.9 Å². The molecule has 1 atom stereocenters. The lowest BCUT2D eigenvalue weighted by molar-refractivity contribution is 0.411. The molecule has 20 heavy (non-hydrogen) atoms. The molecule has 0 radical (unpaired) electrons. The van der Waals surface area contributed by atoms with Crippen LogP contribution in [0.15, 0.2) is 33.9 Å². The number of rotatable bonds is 5. The Morgan fingerprint density at radius 3 is 2.75 bits per heavy atom. The average molecular weight is 361 g/mol. The molecule has 1 unspecified atom stereocenters. The maximum atomic E-state index is 12.3. The number of nitrogens with zero attached hydrogens (tertiary/aromatic N) is 2. The summed E-state index contributed by atoms with van der Waals surface area (Å²) in [4.78, 5) is 4.05. The molecular formula is C11H13BrN4O3S. The van der Waals surface area contributed by atoms with Gasteiger partial charge in [-0.05, 0) is 41.1 Å². The molecule has 1 aromatic carbocycles. The van der Waals surface area contributed by atoms with Crippen LogP contribution in [0.25, 0.3) is 0 Å². The number of hydrogen-bond acceptors (Lipinski definition) is 5. The molecule has 0 spiro atoms. The van der Waals surface area contributed by atoms with Crippen LogP contribution in [0.5, 0.6) is 5.75 Å². The van der Waals surface area contributed by atoms with Gasteiger partial charge < -0.3 is 4.74 Å². The maximum absolute atomic E-state index is 12.3. The topological polar surface area (TPSA) is 97.0 Å². The summed E-state index contributed by atoms with van der Waals surface area (Å²) in [7, 11) is -2.14. The van der Waals surface area contributed by atoms with E-state index in [1.165, 1.54) is 25.6 Å². The molecule has 0 fully saturated rings. The molecule has 0 bridgehead atoms. The number of benzene rings is 1. The van der Waals surface area contributed by atoms with Crippen LogP contribution in [-0.4, -0.2) is 30.7 Å². The summed E-state index contributed by atoms with van der Waals surface area (Å²) >= 11 is 3.26. The standard InChI is InChI=1S/C11H13BrN4O3S/c1-7(11-13-6-14-15-11)16-20(17,18)8-3-4-10(19-2)9(12)5-8/h3-7,16H,1-2H3,(H,13,14,15). The van der Waals surface area contributed by atoms with E-state index >= 15 is 0 Å². The molecule has 0 saturated carbocycles. The Bertz CT molecular complexity index is 688.